The second kappa shape index (κ2) is 10.8. The van der Waals surface area contributed by atoms with Crippen molar-refractivity contribution in [1.82, 2.24) is 4.90 Å². The summed E-state index contributed by atoms with van der Waals surface area (Å²) in [7, 11) is 0. The number of unbranched alkanes of at least 4 members (excludes halogenated alkanes) is 1. The smallest absolute Gasteiger partial charge is 0.0444 e. The fourth-order valence-electron chi connectivity index (χ4n) is 1.65. The average Bonchev–Trinajstić information content (AvgIpc) is 2.28. The lowest BCUT2D eigenvalue weighted by Gasteiger charge is -2.19. The van der Waals surface area contributed by atoms with Crippen LogP contribution in [0.3, 0.4) is 0 Å². The molecule has 0 aliphatic rings. The Balaban J connectivity index is 3.52. The van der Waals surface area contributed by atoms with Gasteiger partial charge in [-0.25, -0.2) is 0 Å². The maximum absolute atomic E-state index is 2.50. The summed E-state index contributed by atoms with van der Waals surface area (Å²) in [4.78, 5) is 2.50. The zero-order valence-corrected chi connectivity index (χ0v) is 11.9. The van der Waals surface area contributed by atoms with Crippen LogP contribution >= 0.6 is 11.8 Å². The van der Waals surface area contributed by atoms with E-state index in [2.05, 4.69) is 44.4 Å². The molecule has 92 valence electrons. The lowest BCUT2D eigenvalue weighted by atomic mass is 10.0. The number of hydrogen-bond donors (Lipinski definition) is 0. The van der Waals surface area contributed by atoms with Gasteiger partial charge in [-0.2, -0.15) is 0 Å². The molecule has 0 bridgehead atoms. The molecule has 1 nitrogen and oxygen atoms in total. The maximum Gasteiger partial charge on any atom is 0.0444 e. The van der Waals surface area contributed by atoms with Gasteiger partial charge in [0.1, 0.15) is 0 Å². The predicted octanol–water partition coefficient (Wildman–Crippen LogP) is 4.24. The van der Waals surface area contributed by atoms with Crippen molar-refractivity contribution < 1.29 is 0 Å². The van der Waals surface area contributed by atoms with Gasteiger partial charge >= 0.3 is 0 Å². The van der Waals surface area contributed by atoms with Crippen molar-refractivity contribution in [2.75, 3.05) is 24.7 Å². The van der Waals surface area contributed by atoms with Crippen molar-refractivity contribution in [3.05, 3.63) is 0 Å². The fourth-order valence-corrected chi connectivity index (χ4v) is 3.12. The molecule has 0 spiro atoms. The van der Waals surface area contributed by atoms with Crippen LogP contribution in [-0.2, 0) is 0 Å². The minimum Gasteiger partial charge on any atom is -0.295 e. The third-order valence-corrected chi connectivity index (χ3v) is 4.32. The third kappa shape index (κ3) is 8.15. The van der Waals surface area contributed by atoms with E-state index in [0.717, 1.165) is 5.92 Å². The lowest BCUT2D eigenvalue weighted by molar-refractivity contribution is 0.357. The van der Waals surface area contributed by atoms with Gasteiger partial charge in [-0.15, -0.1) is 11.8 Å². The maximum atomic E-state index is 2.50. The molecule has 0 N–H and O–H groups in total. The minimum atomic E-state index is 0.950. The molecule has 0 saturated heterocycles. The highest BCUT2D eigenvalue weighted by Gasteiger charge is 2.06. The van der Waals surface area contributed by atoms with Crippen LogP contribution in [-0.4, -0.2) is 29.6 Å². The molecule has 0 radical (unpaired) electrons. The Morgan fingerprint density at radius 3 is 2.20 bits per heavy atom. The first kappa shape index (κ1) is 15.3. The molecule has 0 unspecified atom stereocenters. The standard InChI is InChI=1S/C13H29NS/c1-5-9-10-13(6-2)11-15-12-14(7-3)8-4/h13H,5-12H2,1-4H3/t13-/m1/s1. The fraction of sp³-hybridized carbons (Fsp3) is 1.00. The SMILES string of the molecule is CCCC[C@@H](CC)CSCN(CC)CC. The zero-order chi connectivity index (χ0) is 11.5. The van der Waals surface area contributed by atoms with E-state index in [0.29, 0.717) is 0 Å². The summed E-state index contributed by atoms with van der Waals surface area (Å²) in [5, 5.41) is 0. The summed E-state index contributed by atoms with van der Waals surface area (Å²) in [5.41, 5.74) is 0. The van der Waals surface area contributed by atoms with Gasteiger partial charge in [0, 0.05) is 5.88 Å². The summed E-state index contributed by atoms with van der Waals surface area (Å²) in [6.45, 7) is 11.5. The number of thioether (sulfide) groups is 1. The summed E-state index contributed by atoms with van der Waals surface area (Å²) in [5.74, 6) is 3.52. The van der Waals surface area contributed by atoms with Crippen LogP contribution in [0.5, 0.6) is 0 Å². The molecule has 0 saturated carbocycles. The van der Waals surface area contributed by atoms with Crippen LogP contribution in [0, 0.1) is 5.92 Å². The second-order valence-electron chi connectivity index (χ2n) is 4.22. The highest BCUT2D eigenvalue weighted by molar-refractivity contribution is 7.99. The topological polar surface area (TPSA) is 3.24 Å². The lowest BCUT2D eigenvalue weighted by Crippen LogP contribution is -2.22. The van der Waals surface area contributed by atoms with E-state index in [1.54, 1.807) is 0 Å². The molecule has 0 rings (SSSR count). The Kier molecular flexibility index (Phi) is 11.0. The van der Waals surface area contributed by atoms with Crippen molar-refractivity contribution in [3.8, 4) is 0 Å². The van der Waals surface area contributed by atoms with Crippen molar-refractivity contribution >= 4 is 11.8 Å². The van der Waals surface area contributed by atoms with Crippen LogP contribution < -0.4 is 0 Å². The van der Waals surface area contributed by atoms with E-state index < -0.39 is 0 Å². The monoisotopic (exact) mass is 231 g/mol. The predicted molar refractivity (Wildman–Crippen MR) is 73.6 cm³/mol. The highest BCUT2D eigenvalue weighted by atomic mass is 32.2. The largest absolute Gasteiger partial charge is 0.295 e. The molecule has 0 amide bonds. The molecule has 0 fully saturated rings. The Bertz CT molecular complexity index is 124. The van der Waals surface area contributed by atoms with Gasteiger partial charge in [0.15, 0.2) is 0 Å². The average molecular weight is 231 g/mol. The van der Waals surface area contributed by atoms with Gasteiger partial charge in [0.05, 0.1) is 0 Å². The van der Waals surface area contributed by atoms with E-state index in [1.807, 2.05) is 0 Å². The quantitative estimate of drug-likeness (QED) is 0.518. The van der Waals surface area contributed by atoms with E-state index in [4.69, 9.17) is 0 Å². The molecule has 0 aromatic rings. The number of hydrogen-bond acceptors (Lipinski definition) is 2. The van der Waals surface area contributed by atoms with Gasteiger partial charge in [0.25, 0.3) is 0 Å². The summed E-state index contributed by atoms with van der Waals surface area (Å²) in [6.07, 6.45) is 5.53. The van der Waals surface area contributed by atoms with Gasteiger partial charge in [-0.05, 0) is 31.2 Å². The third-order valence-electron chi connectivity index (χ3n) is 3.07. The molecule has 0 aromatic carbocycles. The van der Waals surface area contributed by atoms with Crippen molar-refractivity contribution in [3.63, 3.8) is 0 Å². The second-order valence-corrected chi connectivity index (χ2v) is 5.22. The molecule has 15 heavy (non-hydrogen) atoms. The van der Waals surface area contributed by atoms with Crippen LogP contribution in [0.1, 0.15) is 53.4 Å². The van der Waals surface area contributed by atoms with Gasteiger partial charge < -0.3 is 0 Å². The van der Waals surface area contributed by atoms with Gasteiger partial charge in [-0.1, -0.05) is 47.0 Å². The van der Waals surface area contributed by atoms with E-state index >= 15 is 0 Å². The summed E-state index contributed by atoms with van der Waals surface area (Å²) in [6, 6.07) is 0. The number of rotatable bonds is 10. The molecule has 0 aliphatic carbocycles. The molecule has 2 heteroatoms. The molecule has 0 aromatic heterocycles. The Labute approximate surface area is 101 Å². The number of nitrogens with zero attached hydrogens (tertiary/aromatic N) is 1. The van der Waals surface area contributed by atoms with Gasteiger partial charge in [0.2, 0.25) is 0 Å². The van der Waals surface area contributed by atoms with Crippen molar-refractivity contribution in [2.45, 2.75) is 53.4 Å². The molecule has 0 aliphatic heterocycles. The van der Waals surface area contributed by atoms with E-state index in [1.165, 1.54) is 50.4 Å². The Morgan fingerprint density at radius 2 is 1.73 bits per heavy atom. The zero-order valence-electron chi connectivity index (χ0n) is 11.1. The summed E-state index contributed by atoms with van der Waals surface area (Å²) < 4.78 is 0. The van der Waals surface area contributed by atoms with Gasteiger partial charge in [-0.3, -0.25) is 4.90 Å². The molecule has 0 heterocycles. The van der Waals surface area contributed by atoms with Crippen LogP contribution in [0.2, 0.25) is 0 Å². The first-order chi connectivity index (χ1) is 7.28. The Hall–Kier alpha value is 0.310. The Morgan fingerprint density at radius 1 is 1.07 bits per heavy atom. The van der Waals surface area contributed by atoms with Crippen molar-refractivity contribution in [1.29, 1.82) is 0 Å². The minimum absolute atomic E-state index is 0.950. The molecular formula is C13H29NS. The molecular weight excluding hydrogens is 202 g/mol. The first-order valence-electron chi connectivity index (χ1n) is 6.58. The normalized spacial score (nSPS) is 13.4. The van der Waals surface area contributed by atoms with Crippen LogP contribution in [0.25, 0.3) is 0 Å². The van der Waals surface area contributed by atoms with E-state index in [9.17, 15) is 0 Å². The van der Waals surface area contributed by atoms with E-state index in [-0.39, 0.29) is 0 Å². The van der Waals surface area contributed by atoms with Crippen LogP contribution in [0.15, 0.2) is 0 Å². The first-order valence-corrected chi connectivity index (χ1v) is 7.73. The highest BCUT2D eigenvalue weighted by Crippen LogP contribution is 2.18. The summed E-state index contributed by atoms with van der Waals surface area (Å²) >= 11 is 2.12. The van der Waals surface area contributed by atoms with Crippen molar-refractivity contribution in [2.24, 2.45) is 5.92 Å². The van der Waals surface area contributed by atoms with Crippen LogP contribution in [0.4, 0.5) is 0 Å². The molecule has 1 atom stereocenters.